The van der Waals surface area contributed by atoms with Crippen LogP contribution >= 0.6 is 0 Å². The standard InChI is InChI=1S/C19H21NO/c1-12(2)17-9-14(5-6-16(17)11-20)15-7-8-19(21)18(10-15)13(3)4/h5-10,12-13,21H,1-4H3. The molecule has 0 saturated heterocycles. The number of benzene rings is 2. The summed E-state index contributed by atoms with van der Waals surface area (Å²) in [6, 6.07) is 13.9. The maximum atomic E-state index is 9.93. The van der Waals surface area contributed by atoms with E-state index in [9.17, 15) is 10.4 Å². The molecule has 2 aromatic carbocycles. The number of hydrogen-bond acceptors (Lipinski definition) is 2. The Bertz CT molecular complexity index is 693. The molecule has 2 rings (SSSR count). The highest BCUT2D eigenvalue weighted by Crippen LogP contribution is 2.32. The van der Waals surface area contributed by atoms with E-state index in [-0.39, 0.29) is 5.92 Å². The second kappa shape index (κ2) is 6.01. The van der Waals surface area contributed by atoms with Crippen molar-refractivity contribution in [3.8, 4) is 22.9 Å². The van der Waals surface area contributed by atoms with Gasteiger partial charge in [0, 0.05) is 0 Å². The number of aromatic hydroxyl groups is 1. The van der Waals surface area contributed by atoms with Gasteiger partial charge < -0.3 is 5.11 Å². The van der Waals surface area contributed by atoms with E-state index in [4.69, 9.17) is 0 Å². The maximum Gasteiger partial charge on any atom is 0.119 e. The Balaban J connectivity index is 2.55. The lowest BCUT2D eigenvalue weighted by Gasteiger charge is -2.13. The fourth-order valence-corrected chi connectivity index (χ4v) is 2.52. The third-order valence-electron chi connectivity index (χ3n) is 3.78. The zero-order valence-corrected chi connectivity index (χ0v) is 13.0. The van der Waals surface area contributed by atoms with E-state index in [0.29, 0.717) is 11.7 Å². The third-order valence-corrected chi connectivity index (χ3v) is 3.78. The topological polar surface area (TPSA) is 44.0 Å². The lowest BCUT2D eigenvalue weighted by molar-refractivity contribution is 0.465. The molecule has 108 valence electrons. The lowest BCUT2D eigenvalue weighted by atomic mass is 9.91. The van der Waals surface area contributed by atoms with Crippen LogP contribution in [0.25, 0.3) is 11.1 Å². The third kappa shape index (κ3) is 3.08. The van der Waals surface area contributed by atoms with Crippen LogP contribution in [0.1, 0.15) is 56.2 Å². The monoisotopic (exact) mass is 279 g/mol. The summed E-state index contributed by atoms with van der Waals surface area (Å²) in [4.78, 5) is 0. The molecule has 0 aliphatic carbocycles. The first-order valence-electron chi connectivity index (χ1n) is 7.31. The van der Waals surface area contributed by atoms with Crippen molar-refractivity contribution in [2.45, 2.75) is 39.5 Å². The molecule has 1 N–H and O–H groups in total. The van der Waals surface area contributed by atoms with Gasteiger partial charge in [0.25, 0.3) is 0 Å². The molecule has 21 heavy (non-hydrogen) atoms. The van der Waals surface area contributed by atoms with Crippen LogP contribution in [0.2, 0.25) is 0 Å². The van der Waals surface area contributed by atoms with E-state index in [2.05, 4.69) is 39.8 Å². The molecule has 0 amide bonds. The van der Waals surface area contributed by atoms with Gasteiger partial charge in [-0.3, -0.25) is 0 Å². The summed E-state index contributed by atoms with van der Waals surface area (Å²) in [7, 11) is 0. The zero-order chi connectivity index (χ0) is 15.6. The number of rotatable bonds is 3. The normalized spacial score (nSPS) is 10.9. The van der Waals surface area contributed by atoms with Gasteiger partial charge in [-0.05, 0) is 58.4 Å². The lowest BCUT2D eigenvalue weighted by Crippen LogP contribution is -1.94. The number of hydrogen-bond donors (Lipinski definition) is 1. The number of nitrogens with zero attached hydrogens (tertiary/aromatic N) is 1. The van der Waals surface area contributed by atoms with Gasteiger partial charge in [-0.15, -0.1) is 0 Å². The molecule has 0 radical (unpaired) electrons. The minimum Gasteiger partial charge on any atom is -0.508 e. The molecule has 0 atom stereocenters. The molecular weight excluding hydrogens is 258 g/mol. The van der Waals surface area contributed by atoms with Gasteiger partial charge in [0.2, 0.25) is 0 Å². The van der Waals surface area contributed by atoms with E-state index in [0.717, 1.165) is 27.8 Å². The minimum atomic E-state index is 0.271. The predicted octanol–water partition coefficient (Wildman–Crippen LogP) is 5.18. The van der Waals surface area contributed by atoms with Crippen LogP contribution in [0.5, 0.6) is 5.75 Å². The second-order valence-corrected chi connectivity index (χ2v) is 6.00. The van der Waals surface area contributed by atoms with Gasteiger partial charge in [0.15, 0.2) is 0 Å². The van der Waals surface area contributed by atoms with Gasteiger partial charge in [0.1, 0.15) is 5.75 Å². The molecule has 0 heterocycles. The quantitative estimate of drug-likeness (QED) is 0.841. The molecule has 0 aromatic heterocycles. The Morgan fingerprint density at radius 2 is 1.38 bits per heavy atom. The molecule has 0 saturated carbocycles. The van der Waals surface area contributed by atoms with E-state index < -0.39 is 0 Å². The van der Waals surface area contributed by atoms with Crippen molar-refractivity contribution in [3.05, 3.63) is 53.1 Å². The average Bonchev–Trinajstić information content (AvgIpc) is 2.46. The molecule has 2 aromatic rings. The Morgan fingerprint density at radius 3 is 1.90 bits per heavy atom. The summed E-state index contributed by atoms with van der Waals surface area (Å²) in [5.74, 6) is 0.917. The fraction of sp³-hybridized carbons (Fsp3) is 0.316. The largest absolute Gasteiger partial charge is 0.508 e. The van der Waals surface area contributed by atoms with Crippen LogP contribution in [-0.4, -0.2) is 5.11 Å². The first kappa shape index (κ1) is 15.1. The summed E-state index contributed by atoms with van der Waals surface area (Å²) < 4.78 is 0. The van der Waals surface area contributed by atoms with Crippen molar-refractivity contribution in [2.24, 2.45) is 0 Å². The molecule has 0 aliphatic heterocycles. The van der Waals surface area contributed by atoms with Crippen molar-refractivity contribution in [2.75, 3.05) is 0 Å². The molecule has 2 heteroatoms. The summed E-state index contributed by atoms with van der Waals surface area (Å²) in [6.45, 7) is 8.32. The van der Waals surface area contributed by atoms with Gasteiger partial charge in [-0.25, -0.2) is 0 Å². The Hall–Kier alpha value is -2.27. The Morgan fingerprint density at radius 1 is 0.857 bits per heavy atom. The maximum absolute atomic E-state index is 9.93. The molecule has 0 spiro atoms. The summed E-state index contributed by atoms with van der Waals surface area (Å²) in [6.07, 6.45) is 0. The van der Waals surface area contributed by atoms with Crippen LogP contribution < -0.4 is 0 Å². The van der Waals surface area contributed by atoms with Crippen LogP contribution in [0.4, 0.5) is 0 Å². The van der Waals surface area contributed by atoms with Gasteiger partial charge in [-0.2, -0.15) is 5.26 Å². The zero-order valence-electron chi connectivity index (χ0n) is 13.0. The van der Waals surface area contributed by atoms with Crippen molar-refractivity contribution in [3.63, 3.8) is 0 Å². The number of nitriles is 1. The molecule has 0 fully saturated rings. The summed E-state index contributed by atoms with van der Waals surface area (Å²) in [5, 5.41) is 19.1. The van der Waals surface area contributed by atoms with Crippen molar-refractivity contribution in [1.82, 2.24) is 0 Å². The summed E-state index contributed by atoms with van der Waals surface area (Å²) >= 11 is 0. The van der Waals surface area contributed by atoms with Crippen molar-refractivity contribution in [1.29, 1.82) is 5.26 Å². The van der Waals surface area contributed by atoms with Crippen molar-refractivity contribution >= 4 is 0 Å². The van der Waals surface area contributed by atoms with Crippen molar-refractivity contribution < 1.29 is 5.11 Å². The second-order valence-electron chi connectivity index (χ2n) is 6.00. The first-order valence-corrected chi connectivity index (χ1v) is 7.31. The molecule has 0 unspecified atom stereocenters. The first-order chi connectivity index (χ1) is 9.93. The minimum absolute atomic E-state index is 0.271. The van der Waals surface area contributed by atoms with Crippen LogP contribution in [-0.2, 0) is 0 Å². The smallest absolute Gasteiger partial charge is 0.119 e. The van der Waals surface area contributed by atoms with Gasteiger partial charge in [0.05, 0.1) is 11.6 Å². The number of phenolic OH excluding ortho intramolecular Hbond substituents is 1. The highest BCUT2D eigenvalue weighted by Gasteiger charge is 2.11. The molecular formula is C19H21NO. The average molecular weight is 279 g/mol. The fourth-order valence-electron chi connectivity index (χ4n) is 2.52. The highest BCUT2D eigenvalue weighted by atomic mass is 16.3. The molecule has 0 aliphatic rings. The van der Waals surface area contributed by atoms with Crippen LogP contribution in [0.15, 0.2) is 36.4 Å². The van der Waals surface area contributed by atoms with E-state index >= 15 is 0 Å². The Kier molecular flexibility index (Phi) is 4.33. The predicted molar refractivity (Wildman–Crippen MR) is 86.4 cm³/mol. The van der Waals surface area contributed by atoms with E-state index in [1.54, 1.807) is 6.07 Å². The Labute approximate surface area is 126 Å². The molecule has 0 bridgehead atoms. The van der Waals surface area contributed by atoms with Gasteiger partial charge in [-0.1, -0.05) is 39.8 Å². The van der Waals surface area contributed by atoms with E-state index in [1.807, 2.05) is 24.3 Å². The van der Waals surface area contributed by atoms with Crippen LogP contribution in [0.3, 0.4) is 0 Å². The molecule has 2 nitrogen and oxygen atoms in total. The van der Waals surface area contributed by atoms with Gasteiger partial charge >= 0.3 is 0 Å². The SMILES string of the molecule is CC(C)c1cc(-c2ccc(C#N)c(C(C)C)c2)ccc1O. The van der Waals surface area contributed by atoms with E-state index in [1.165, 1.54) is 0 Å². The number of phenols is 1. The summed E-state index contributed by atoms with van der Waals surface area (Å²) in [5.41, 5.74) is 4.90. The highest BCUT2D eigenvalue weighted by molar-refractivity contribution is 5.68. The van der Waals surface area contributed by atoms with Crippen LogP contribution in [0, 0.1) is 11.3 Å².